The summed E-state index contributed by atoms with van der Waals surface area (Å²) in [6.07, 6.45) is 4.91. The van der Waals surface area contributed by atoms with Gasteiger partial charge in [0.15, 0.2) is 4.34 Å². The maximum atomic E-state index is 4.20. The minimum atomic E-state index is 0.673. The summed E-state index contributed by atoms with van der Waals surface area (Å²) in [5.41, 5.74) is 0. The predicted octanol–water partition coefficient (Wildman–Crippen LogP) is 3.25. The Morgan fingerprint density at radius 3 is 2.68 bits per heavy atom. The van der Waals surface area contributed by atoms with Gasteiger partial charge >= 0.3 is 0 Å². The van der Waals surface area contributed by atoms with Crippen molar-refractivity contribution in [3.05, 3.63) is 0 Å². The molecule has 0 amide bonds. The topological polar surface area (TPSA) is 41.1 Å². The lowest BCUT2D eigenvalue weighted by molar-refractivity contribution is 0.465. The minimum absolute atomic E-state index is 0.673. The molecule has 0 spiro atoms. The molecule has 0 fully saturated rings. The molecule has 1 N–H and O–H groups in total. The number of nitrogens with zero attached hydrogens (tertiary/aromatic N) is 3. The first-order valence-electron chi connectivity index (χ1n) is 7.04. The highest BCUT2D eigenvalue weighted by Gasteiger charge is 2.07. The second-order valence-corrected chi connectivity index (χ2v) is 7.09. The minimum Gasteiger partial charge on any atom is -0.353 e. The van der Waals surface area contributed by atoms with E-state index in [9.17, 15) is 0 Å². The average molecular weight is 303 g/mol. The van der Waals surface area contributed by atoms with Gasteiger partial charge in [-0.05, 0) is 32.2 Å². The number of anilines is 1. The van der Waals surface area contributed by atoms with Gasteiger partial charge in [0.1, 0.15) is 0 Å². The molecule has 1 unspecified atom stereocenters. The summed E-state index contributed by atoms with van der Waals surface area (Å²) in [5, 5.41) is 12.9. The zero-order valence-electron chi connectivity index (χ0n) is 12.5. The first-order chi connectivity index (χ1) is 9.17. The van der Waals surface area contributed by atoms with Gasteiger partial charge in [0, 0.05) is 25.9 Å². The Hall–Kier alpha value is -0.330. The Kier molecular flexibility index (Phi) is 8.41. The molecule has 19 heavy (non-hydrogen) atoms. The third-order valence-electron chi connectivity index (χ3n) is 2.88. The van der Waals surface area contributed by atoms with Crippen LogP contribution in [-0.4, -0.2) is 42.6 Å². The van der Waals surface area contributed by atoms with Gasteiger partial charge < -0.3 is 10.2 Å². The molecule has 1 heterocycles. The van der Waals surface area contributed by atoms with Crippen LogP contribution in [-0.2, 0) is 0 Å². The molecule has 0 aliphatic heterocycles. The Morgan fingerprint density at radius 1 is 1.32 bits per heavy atom. The van der Waals surface area contributed by atoms with Gasteiger partial charge in [-0.3, -0.25) is 0 Å². The Balaban J connectivity index is 2.18. The van der Waals surface area contributed by atoms with E-state index in [1.807, 2.05) is 30.8 Å². The molecule has 6 heteroatoms. The van der Waals surface area contributed by atoms with Gasteiger partial charge in [0.25, 0.3) is 0 Å². The van der Waals surface area contributed by atoms with Crippen LogP contribution in [0, 0.1) is 0 Å². The van der Waals surface area contributed by atoms with Crippen molar-refractivity contribution in [2.24, 2.45) is 0 Å². The number of rotatable bonds is 10. The molecule has 4 nitrogen and oxygen atoms in total. The molecule has 0 aliphatic rings. The summed E-state index contributed by atoms with van der Waals surface area (Å²) in [6.45, 7) is 5.61. The van der Waals surface area contributed by atoms with Crippen molar-refractivity contribution in [2.75, 3.05) is 31.3 Å². The second-order valence-electron chi connectivity index (χ2n) is 4.79. The molecule has 0 saturated carbocycles. The summed E-state index contributed by atoms with van der Waals surface area (Å²) in [7, 11) is 4.00. The van der Waals surface area contributed by atoms with Gasteiger partial charge in [-0.2, -0.15) is 0 Å². The third-order valence-corrected chi connectivity index (χ3v) is 5.19. The number of hydrogen-bond donors (Lipinski definition) is 1. The SMILES string of the molecule is CCCNC(CC)CCCSc1nnc(N(C)C)s1. The molecule has 0 radical (unpaired) electrons. The molecule has 0 bridgehead atoms. The molecular formula is C13H26N4S2. The van der Waals surface area contributed by atoms with E-state index in [1.165, 1.54) is 25.7 Å². The lowest BCUT2D eigenvalue weighted by atomic mass is 10.1. The normalized spacial score (nSPS) is 12.6. The fourth-order valence-corrected chi connectivity index (χ4v) is 3.53. The van der Waals surface area contributed by atoms with E-state index in [-0.39, 0.29) is 0 Å². The second kappa shape index (κ2) is 9.55. The number of hydrogen-bond acceptors (Lipinski definition) is 6. The van der Waals surface area contributed by atoms with E-state index in [2.05, 4.69) is 29.4 Å². The summed E-state index contributed by atoms with van der Waals surface area (Å²) >= 11 is 3.50. The lowest BCUT2D eigenvalue weighted by Crippen LogP contribution is -2.29. The van der Waals surface area contributed by atoms with Crippen LogP contribution in [0.3, 0.4) is 0 Å². The van der Waals surface area contributed by atoms with Crippen molar-refractivity contribution in [1.29, 1.82) is 0 Å². The molecule has 1 rings (SSSR count). The van der Waals surface area contributed by atoms with E-state index in [4.69, 9.17) is 0 Å². The highest BCUT2D eigenvalue weighted by Crippen LogP contribution is 2.27. The number of aromatic nitrogens is 2. The molecule has 0 aliphatic carbocycles. The maximum absolute atomic E-state index is 4.20. The van der Waals surface area contributed by atoms with E-state index in [0.717, 1.165) is 21.8 Å². The highest BCUT2D eigenvalue weighted by molar-refractivity contribution is 8.01. The van der Waals surface area contributed by atoms with Crippen LogP contribution in [0.1, 0.15) is 39.5 Å². The maximum Gasteiger partial charge on any atom is 0.208 e. The Labute approximate surface area is 125 Å². The first kappa shape index (κ1) is 16.7. The Morgan fingerprint density at radius 2 is 2.11 bits per heavy atom. The van der Waals surface area contributed by atoms with Crippen LogP contribution in [0.2, 0.25) is 0 Å². The van der Waals surface area contributed by atoms with Crippen molar-refractivity contribution in [1.82, 2.24) is 15.5 Å². The number of thioether (sulfide) groups is 1. The quantitative estimate of drug-likeness (QED) is 0.531. The largest absolute Gasteiger partial charge is 0.353 e. The monoisotopic (exact) mass is 302 g/mol. The lowest BCUT2D eigenvalue weighted by Gasteiger charge is -2.15. The fraction of sp³-hybridized carbons (Fsp3) is 0.846. The molecule has 0 aromatic carbocycles. The Bertz CT molecular complexity index is 341. The zero-order valence-corrected chi connectivity index (χ0v) is 14.1. The van der Waals surface area contributed by atoms with Crippen molar-refractivity contribution >= 4 is 28.2 Å². The van der Waals surface area contributed by atoms with Crippen LogP contribution in [0.5, 0.6) is 0 Å². The van der Waals surface area contributed by atoms with Gasteiger partial charge in [-0.1, -0.05) is 36.9 Å². The van der Waals surface area contributed by atoms with E-state index in [1.54, 1.807) is 11.3 Å². The smallest absolute Gasteiger partial charge is 0.208 e. The van der Waals surface area contributed by atoms with Gasteiger partial charge in [-0.25, -0.2) is 0 Å². The summed E-state index contributed by atoms with van der Waals surface area (Å²) in [5.74, 6) is 1.13. The van der Waals surface area contributed by atoms with E-state index < -0.39 is 0 Å². The van der Waals surface area contributed by atoms with Crippen molar-refractivity contribution in [2.45, 2.75) is 49.9 Å². The first-order valence-corrected chi connectivity index (χ1v) is 8.84. The van der Waals surface area contributed by atoms with Crippen LogP contribution < -0.4 is 10.2 Å². The van der Waals surface area contributed by atoms with Gasteiger partial charge in [0.2, 0.25) is 5.13 Å². The molecular weight excluding hydrogens is 276 g/mol. The highest BCUT2D eigenvalue weighted by atomic mass is 32.2. The fourth-order valence-electron chi connectivity index (χ4n) is 1.73. The summed E-state index contributed by atoms with van der Waals surface area (Å²) < 4.78 is 1.08. The molecule has 1 atom stereocenters. The van der Waals surface area contributed by atoms with Crippen molar-refractivity contribution in [3.63, 3.8) is 0 Å². The van der Waals surface area contributed by atoms with Crippen LogP contribution >= 0.6 is 23.1 Å². The molecule has 0 saturated heterocycles. The average Bonchev–Trinajstić information content (AvgIpc) is 2.87. The van der Waals surface area contributed by atoms with E-state index >= 15 is 0 Å². The number of nitrogens with one attached hydrogen (secondary N) is 1. The van der Waals surface area contributed by atoms with Crippen LogP contribution in [0.25, 0.3) is 0 Å². The van der Waals surface area contributed by atoms with Gasteiger partial charge in [0.05, 0.1) is 0 Å². The van der Waals surface area contributed by atoms with Gasteiger partial charge in [-0.15, -0.1) is 10.2 Å². The van der Waals surface area contributed by atoms with Crippen LogP contribution in [0.4, 0.5) is 5.13 Å². The molecule has 1 aromatic heterocycles. The van der Waals surface area contributed by atoms with Crippen LogP contribution in [0.15, 0.2) is 4.34 Å². The van der Waals surface area contributed by atoms with Crippen molar-refractivity contribution in [3.8, 4) is 0 Å². The zero-order chi connectivity index (χ0) is 14.1. The van der Waals surface area contributed by atoms with Crippen molar-refractivity contribution < 1.29 is 0 Å². The van der Waals surface area contributed by atoms with E-state index in [0.29, 0.717) is 6.04 Å². The summed E-state index contributed by atoms with van der Waals surface area (Å²) in [6, 6.07) is 0.673. The standard InChI is InChI=1S/C13H26N4S2/c1-5-9-14-11(6-2)8-7-10-18-13-16-15-12(19-13)17(3)4/h11,14H,5-10H2,1-4H3. The summed E-state index contributed by atoms with van der Waals surface area (Å²) in [4.78, 5) is 2.00. The predicted molar refractivity (Wildman–Crippen MR) is 86.6 cm³/mol. The molecule has 1 aromatic rings. The third kappa shape index (κ3) is 6.58. The molecule has 110 valence electrons.